The lowest BCUT2D eigenvalue weighted by Gasteiger charge is -2.20. The van der Waals surface area contributed by atoms with Gasteiger partial charge in [0.2, 0.25) is 0 Å². The van der Waals surface area contributed by atoms with Crippen molar-refractivity contribution in [1.29, 1.82) is 0 Å². The van der Waals surface area contributed by atoms with Gasteiger partial charge < -0.3 is 5.32 Å². The second-order valence-corrected chi connectivity index (χ2v) is 3.75. The molecule has 0 heterocycles. The van der Waals surface area contributed by atoms with Crippen LogP contribution in [0.1, 0.15) is 46.5 Å². The van der Waals surface area contributed by atoms with Gasteiger partial charge in [-0.05, 0) is 31.8 Å². The Labute approximate surface area is 77.9 Å². The minimum absolute atomic E-state index is 0.889. The molecule has 0 fully saturated rings. The summed E-state index contributed by atoms with van der Waals surface area (Å²) in [5.41, 5.74) is 0. The van der Waals surface area contributed by atoms with E-state index in [1.165, 1.54) is 32.2 Å². The SMILES string of the molecule is CCC(CC)CC(CC)CNC. The van der Waals surface area contributed by atoms with Gasteiger partial charge in [-0.15, -0.1) is 0 Å². The van der Waals surface area contributed by atoms with Crippen molar-refractivity contribution < 1.29 is 0 Å². The van der Waals surface area contributed by atoms with E-state index < -0.39 is 0 Å². The van der Waals surface area contributed by atoms with E-state index in [2.05, 4.69) is 33.1 Å². The molecule has 0 radical (unpaired) electrons. The van der Waals surface area contributed by atoms with Gasteiger partial charge >= 0.3 is 0 Å². The number of nitrogens with one attached hydrogen (secondary N) is 1. The molecule has 0 aliphatic heterocycles. The van der Waals surface area contributed by atoms with Crippen molar-refractivity contribution in [2.75, 3.05) is 13.6 Å². The maximum Gasteiger partial charge on any atom is -0.00235 e. The zero-order valence-corrected chi connectivity index (χ0v) is 9.19. The van der Waals surface area contributed by atoms with Crippen LogP contribution in [-0.4, -0.2) is 13.6 Å². The van der Waals surface area contributed by atoms with Crippen molar-refractivity contribution in [3.05, 3.63) is 0 Å². The first kappa shape index (κ1) is 12.0. The third-order valence-corrected chi connectivity index (χ3v) is 2.89. The monoisotopic (exact) mass is 171 g/mol. The fourth-order valence-electron chi connectivity index (χ4n) is 1.78. The predicted molar refractivity (Wildman–Crippen MR) is 56.4 cm³/mol. The van der Waals surface area contributed by atoms with Gasteiger partial charge in [0, 0.05) is 0 Å². The average Bonchev–Trinajstić information content (AvgIpc) is 2.12. The van der Waals surface area contributed by atoms with E-state index in [9.17, 15) is 0 Å². The Morgan fingerprint density at radius 1 is 0.917 bits per heavy atom. The van der Waals surface area contributed by atoms with Gasteiger partial charge in [-0.25, -0.2) is 0 Å². The Morgan fingerprint density at radius 2 is 1.42 bits per heavy atom. The standard InChI is InChI=1S/C11H25N/c1-5-10(6-2)8-11(7-3)9-12-4/h10-12H,5-9H2,1-4H3. The second-order valence-electron chi connectivity index (χ2n) is 3.75. The summed E-state index contributed by atoms with van der Waals surface area (Å²) in [7, 11) is 2.05. The minimum atomic E-state index is 0.889. The molecule has 74 valence electrons. The molecule has 12 heavy (non-hydrogen) atoms. The third-order valence-electron chi connectivity index (χ3n) is 2.89. The van der Waals surface area contributed by atoms with Crippen molar-refractivity contribution >= 4 is 0 Å². The van der Waals surface area contributed by atoms with Crippen LogP contribution >= 0.6 is 0 Å². The molecule has 0 saturated heterocycles. The molecule has 0 spiro atoms. The molecule has 0 aromatic heterocycles. The molecule has 1 unspecified atom stereocenters. The van der Waals surface area contributed by atoms with Crippen LogP contribution in [0.25, 0.3) is 0 Å². The summed E-state index contributed by atoms with van der Waals surface area (Å²) in [6.07, 6.45) is 5.41. The van der Waals surface area contributed by atoms with E-state index >= 15 is 0 Å². The molecule has 0 aromatic rings. The molecule has 0 bridgehead atoms. The van der Waals surface area contributed by atoms with Gasteiger partial charge in [-0.2, -0.15) is 0 Å². The van der Waals surface area contributed by atoms with Crippen molar-refractivity contribution in [2.45, 2.75) is 46.5 Å². The topological polar surface area (TPSA) is 12.0 Å². The van der Waals surface area contributed by atoms with Crippen LogP contribution in [0.3, 0.4) is 0 Å². The molecular weight excluding hydrogens is 146 g/mol. The molecule has 1 heteroatoms. The highest BCUT2D eigenvalue weighted by Crippen LogP contribution is 2.20. The van der Waals surface area contributed by atoms with Crippen LogP contribution in [0.4, 0.5) is 0 Å². The van der Waals surface area contributed by atoms with E-state index in [1.807, 2.05) is 0 Å². The fourth-order valence-corrected chi connectivity index (χ4v) is 1.78. The molecule has 0 saturated carbocycles. The first-order valence-electron chi connectivity index (χ1n) is 5.42. The summed E-state index contributed by atoms with van der Waals surface area (Å²) in [5.74, 6) is 1.84. The second kappa shape index (κ2) is 7.60. The molecule has 0 aromatic carbocycles. The molecule has 0 aliphatic carbocycles. The zero-order chi connectivity index (χ0) is 9.40. The molecule has 0 rings (SSSR count). The summed E-state index contributed by atoms with van der Waals surface area (Å²) < 4.78 is 0. The van der Waals surface area contributed by atoms with Gasteiger partial charge in [0.25, 0.3) is 0 Å². The molecular formula is C11H25N. The Hall–Kier alpha value is -0.0400. The number of hydrogen-bond donors (Lipinski definition) is 1. The molecule has 1 nitrogen and oxygen atoms in total. The maximum atomic E-state index is 3.27. The summed E-state index contributed by atoms with van der Waals surface area (Å²) in [5, 5.41) is 3.27. The molecule has 0 aliphatic rings. The van der Waals surface area contributed by atoms with Crippen molar-refractivity contribution in [3.8, 4) is 0 Å². The van der Waals surface area contributed by atoms with E-state index in [-0.39, 0.29) is 0 Å². The summed E-state index contributed by atoms with van der Waals surface area (Å²) in [6.45, 7) is 8.10. The lowest BCUT2D eigenvalue weighted by atomic mass is 9.89. The van der Waals surface area contributed by atoms with Crippen LogP contribution in [0.2, 0.25) is 0 Å². The van der Waals surface area contributed by atoms with E-state index in [4.69, 9.17) is 0 Å². The fraction of sp³-hybridized carbons (Fsp3) is 1.00. The smallest absolute Gasteiger partial charge is 0.00235 e. The van der Waals surface area contributed by atoms with Gasteiger partial charge in [-0.1, -0.05) is 40.0 Å². The van der Waals surface area contributed by atoms with Crippen LogP contribution in [0, 0.1) is 11.8 Å². The minimum Gasteiger partial charge on any atom is -0.319 e. The van der Waals surface area contributed by atoms with E-state index in [0.717, 1.165) is 11.8 Å². The van der Waals surface area contributed by atoms with Crippen LogP contribution in [0.15, 0.2) is 0 Å². The lowest BCUT2D eigenvalue weighted by molar-refractivity contribution is 0.338. The van der Waals surface area contributed by atoms with Crippen molar-refractivity contribution in [3.63, 3.8) is 0 Å². The van der Waals surface area contributed by atoms with Crippen LogP contribution < -0.4 is 5.32 Å². The summed E-state index contributed by atoms with van der Waals surface area (Å²) in [4.78, 5) is 0. The lowest BCUT2D eigenvalue weighted by Crippen LogP contribution is -2.20. The Morgan fingerprint density at radius 3 is 1.75 bits per heavy atom. The van der Waals surface area contributed by atoms with E-state index in [0.29, 0.717) is 0 Å². The molecule has 1 N–H and O–H groups in total. The molecule has 1 atom stereocenters. The summed E-state index contributed by atoms with van der Waals surface area (Å²) >= 11 is 0. The van der Waals surface area contributed by atoms with Crippen LogP contribution in [0.5, 0.6) is 0 Å². The first-order chi connectivity index (χ1) is 5.78. The van der Waals surface area contributed by atoms with Gasteiger partial charge in [0.15, 0.2) is 0 Å². The number of hydrogen-bond acceptors (Lipinski definition) is 1. The highest BCUT2D eigenvalue weighted by Gasteiger charge is 2.11. The third kappa shape index (κ3) is 4.76. The molecule has 0 amide bonds. The Bertz CT molecular complexity index is 87.0. The van der Waals surface area contributed by atoms with Crippen molar-refractivity contribution in [2.24, 2.45) is 11.8 Å². The summed E-state index contributed by atoms with van der Waals surface area (Å²) in [6, 6.07) is 0. The Balaban J connectivity index is 3.65. The normalized spacial score (nSPS) is 13.8. The van der Waals surface area contributed by atoms with E-state index in [1.54, 1.807) is 0 Å². The van der Waals surface area contributed by atoms with Crippen LogP contribution in [-0.2, 0) is 0 Å². The van der Waals surface area contributed by atoms with Gasteiger partial charge in [0.05, 0.1) is 0 Å². The largest absolute Gasteiger partial charge is 0.319 e. The quantitative estimate of drug-likeness (QED) is 0.621. The first-order valence-corrected chi connectivity index (χ1v) is 5.42. The maximum absolute atomic E-state index is 3.27. The Kier molecular flexibility index (Phi) is 7.58. The van der Waals surface area contributed by atoms with Gasteiger partial charge in [-0.3, -0.25) is 0 Å². The highest BCUT2D eigenvalue weighted by molar-refractivity contribution is 4.65. The highest BCUT2D eigenvalue weighted by atomic mass is 14.8. The zero-order valence-electron chi connectivity index (χ0n) is 9.19. The number of rotatable bonds is 7. The average molecular weight is 171 g/mol. The predicted octanol–water partition coefficient (Wildman–Crippen LogP) is 3.06. The van der Waals surface area contributed by atoms with Crippen molar-refractivity contribution in [1.82, 2.24) is 5.32 Å². The van der Waals surface area contributed by atoms with Gasteiger partial charge in [0.1, 0.15) is 0 Å².